The molecule has 3 aromatic rings. The van der Waals surface area contributed by atoms with Crippen molar-refractivity contribution in [2.75, 3.05) is 6.54 Å². The third-order valence-corrected chi connectivity index (χ3v) is 6.86. The van der Waals surface area contributed by atoms with Gasteiger partial charge in [-0.25, -0.2) is 12.7 Å². The van der Waals surface area contributed by atoms with E-state index in [9.17, 15) is 8.42 Å². The standard InChI is InChI=1S/C22H19ClN2O2S/c1-16-11-13-18(14-12-16)28(26,27)25-15-21(17-7-3-2-4-8-17)24-22(25)19-9-5-6-10-20(19)23/h2-14,21H,15H2,1H3. The number of aryl methyl sites for hydroxylation is 1. The van der Waals surface area contributed by atoms with Gasteiger partial charge in [0.1, 0.15) is 5.84 Å². The van der Waals surface area contributed by atoms with Crippen LogP contribution in [0.4, 0.5) is 0 Å². The molecule has 0 amide bonds. The minimum Gasteiger partial charge on any atom is -0.257 e. The number of rotatable bonds is 4. The summed E-state index contributed by atoms with van der Waals surface area (Å²) in [5.41, 5.74) is 2.58. The number of amidine groups is 1. The highest BCUT2D eigenvalue weighted by Gasteiger charge is 2.37. The molecular formula is C22H19ClN2O2S. The van der Waals surface area contributed by atoms with E-state index in [1.807, 2.05) is 49.4 Å². The molecule has 0 N–H and O–H groups in total. The number of sulfonamides is 1. The van der Waals surface area contributed by atoms with Crippen molar-refractivity contribution in [3.63, 3.8) is 0 Å². The molecule has 0 saturated carbocycles. The van der Waals surface area contributed by atoms with Crippen molar-refractivity contribution in [1.82, 2.24) is 4.31 Å². The van der Waals surface area contributed by atoms with Gasteiger partial charge >= 0.3 is 0 Å². The second-order valence-electron chi connectivity index (χ2n) is 6.71. The highest BCUT2D eigenvalue weighted by atomic mass is 35.5. The molecule has 4 nitrogen and oxygen atoms in total. The maximum atomic E-state index is 13.4. The first-order chi connectivity index (χ1) is 13.5. The lowest BCUT2D eigenvalue weighted by molar-refractivity contribution is 0.520. The summed E-state index contributed by atoms with van der Waals surface area (Å²) >= 11 is 6.38. The van der Waals surface area contributed by atoms with Crippen LogP contribution in [0, 0.1) is 6.92 Å². The molecule has 1 heterocycles. The lowest BCUT2D eigenvalue weighted by atomic mass is 10.1. The summed E-state index contributed by atoms with van der Waals surface area (Å²) < 4.78 is 28.2. The zero-order chi connectivity index (χ0) is 19.7. The number of nitrogens with zero attached hydrogens (tertiary/aromatic N) is 2. The van der Waals surface area contributed by atoms with Crippen molar-refractivity contribution < 1.29 is 8.42 Å². The molecule has 0 aliphatic carbocycles. The van der Waals surface area contributed by atoms with E-state index in [0.29, 0.717) is 16.4 Å². The predicted octanol–water partition coefficient (Wildman–Crippen LogP) is 4.84. The Bertz CT molecular complexity index is 1130. The predicted molar refractivity (Wildman–Crippen MR) is 112 cm³/mol. The zero-order valence-electron chi connectivity index (χ0n) is 15.3. The minimum absolute atomic E-state index is 0.237. The van der Waals surface area contributed by atoms with E-state index in [4.69, 9.17) is 16.6 Å². The smallest absolute Gasteiger partial charge is 0.257 e. The highest BCUT2D eigenvalue weighted by molar-refractivity contribution is 7.89. The van der Waals surface area contributed by atoms with Crippen molar-refractivity contribution in [1.29, 1.82) is 0 Å². The van der Waals surface area contributed by atoms with Crippen LogP contribution in [0.3, 0.4) is 0 Å². The van der Waals surface area contributed by atoms with Crippen LogP contribution in [-0.2, 0) is 10.0 Å². The van der Waals surface area contributed by atoms with Gasteiger partial charge in [0, 0.05) is 5.56 Å². The number of hydrogen-bond acceptors (Lipinski definition) is 3. The van der Waals surface area contributed by atoms with Gasteiger partial charge in [-0.3, -0.25) is 4.99 Å². The van der Waals surface area contributed by atoms with Gasteiger partial charge in [0.15, 0.2) is 0 Å². The number of hydrogen-bond donors (Lipinski definition) is 0. The fraction of sp³-hybridized carbons (Fsp3) is 0.136. The summed E-state index contributed by atoms with van der Waals surface area (Å²) in [6, 6.07) is 23.5. The van der Waals surface area contributed by atoms with Gasteiger partial charge in [0.2, 0.25) is 0 Å². The maximum absolute atomic E-state index is 13.4. The molecule has 1 unspecified atom stereocenters. The largest absolute Gasteiger partial charge is 0.265 e. The number of aliphatic imine (C=N–C) groups is 1. The average molecular weight is 411 g/mol. The van der Waals surface area contributed by atoms with E-state index in [2.05, 4.69) is 0 Å². The molecule has 3 aromatic carbocycles. The van der Waals surface area contributed by atoms with Crippen LogP contribution in [0.2, 0.25) is 5.02 Å². The van der Waals surface area contributed by atoms with E-state index in [1.54, 1.807) is 36.4 Å². The molecule has 0 fully saturated rings. The van der Waals surface area contributed by atoms with Gasteiger partial charge in [-0.2, -0.15) is 0 Å². The number of benzene rings is 3. The highest BCUT2D eigenvalue weighted by Crippen LogP contribution is 2.33. The van der Waals surface area contributed by atoms with Gasteiger partial charge in [0.25, 0.3) is 10.0 Å². The van der Waals surface area contributed by atoms with Crippen molar-refractivity contribution in [3.8, 4) is 0 Å². The van der Waals surface area contributed by atoms with Crippen LogP contribution in [0.15, 0.2) is 88.8 Å². The molecule has 0 spiro atoms. The second-order valence-corrected chi connectivity index (χ2v) is 8.98. The van der Waals surface area contributed by atoms with Gasteiger partial charge in [-0.15, -0.1) is 0 Å². The van der Waals surface area contributed by atoms with Crippen LogP contribution < -0.4 is 0 Å². The average Bonchev–Trinajstić information content (AvgIpc) is 3.15. The van der Waals surface area contributed by atoms with Crippen LogP contribution >= 0.6 is 11.6 Å². The first kappa shape index (κ1) is 18.7. The molecule has 28 heavy (non-hydrogen) atoms. The third kappa shape index (κ3) is 3.43. The summed E-state index contributed by atoms with van der Waals surface area (Å²) in [6.07, 6.45) is 0. The Hall–Kier alpha value is -2.63. The maximum Gasteiger partial charge on any atom is 0.265 e. The van der Waals surface area contributed by atoms with Crippen molar-refractivity contribution in [3.05, 3.63) is 101 Å². The molecule has 0 saturated heterocycles. The molecule has 0 bridgehead atoms. The van der Waals surface area contributed by atoms with Crippen molar-refractivity contribution in [2.45, 2.75) is 17.9 Å². The first-order valence-electron chi connectivity index (χ1n) is 8.94. The first-order valence-corrected chi connectivity index (χ1v) is 10.8. The van der Waals surface area contributed by atoms with Crippen molar-refractivity contribution in [2.24, 2.45) is 4.99 Å². The van der Waals surface area contributed by atoms with Crippen LogP contribution in [-0.4, -0.2) is 25.1 Å². The summed E-state index contributed by atoms with van der Waals surface area (Å²) in [7, 11) is -3.77. The summed E-state index contributed by atoms with van der Waals surface area (Å²) in [5, 5.41) is 0.471. The minimum atomic E-state index is -3.77. The molecule has 1 aliphatic rings. The Morgan fingerprint density at radius 1 is 0.929 bits per heavy atom. The zero-order valence-corrected chi connectivity index (χ0v) is 16.9. The quantitative estimate of drug-likeness (QED) is 0.617. The Kier molecular flexibility index (Phi) is 4.96. The summed E-state index contributed by atoms with van der Waals surface area (Å²) in [4.78, 5) is 5.00. The molecule has 6 heteroatoms. The molecule has 4 rings (SSSR count). The van der Waals surface area contributed by atoms with Gasteiger partial charge < -0.3 is 0 Å². The van der Waals surface area contributed by atoms with E-state index in [0.717, 1.165) is 11.1 Å². The van der Waals surface area contributed by atoms with Gasteiger partial charge in [-0.05, 0) is 36.8 Å². The molecular weight excluding hydrogens is 392 g/mol. The molecule has 0 radical (unpaired) electrons. The van der Waals surface area contributed by atoms with E-state index >= 15 is 0 Å². The van der Waals surface area contributed by atoms with Crippen LogP contribution in [0.5, 0.6) is 0 Å². The van der Waals surface area contributed by atoms with E-state index in [1.165, 1.54) is 4.31 Å². The van der Waals surface area contributed by atoms with Crippen LogP contribution in [0.25, 0.3) is 0 Å². The second kappa shape index (κ2) is 7.41. The topological polar surface area (TPSA) is 49.7 Å². The lowest BCUT2D eigenvalue weighted by Crippen LogP contribution is -2.35. The molecule has 1 atom stereocenters. The Labute approximate surface area is 170 Å². The lowest BCUT2D eigenvalue weighted by Gasteiger charge is -2.22. The van der Waals surface area contributed by atoms with Gasteiger partial charge in [0.05, 0.1) is 22.5 Å². The fourth-order valence-corrected chi connectivity index (χ4v) is 4.91. The SMILES string of the molecule is Cc1ccc(S(=O)(=O)N2CC(c3ccccc3)N=C2c2ccccc2Cl)cc1. The van der Waals surface area contributed by atoms with Crippen molar-refractivity contribution >= 4 is 27.5 Å². The molecule has 142 valence electrons. The van der Waals surface area contributed by atoms with Gasteiger partial charge in [-0.1, -0.05) is 71.8 Å². The third-order valence-electron chi connectivity index (χ3n) is 4.76. The molecule has 1 aliphatic heterocycles. The monoisotopic (exact) mass is 410 g/mol. The Balaban J connectivity index is 1.82. The normalized spacial score (nSPS) is 16.9. The Morgan fingerprint density at radius 2 is 1.57 bits per heavy atom. The fourth-order valence-electron chi connectivity index (χ4n) is 3.25. The van der Waals surface area contributed by atoms with Crippen LogP contribution in [0.1, 0.15) is 22.7 Å². The van der Waals surface area contributed by atoms with E-state index in [-0.39, 0.29) is 17.5 Å². The number of halogens is 1. The molecule has 0 aromatic heterocycles. The summed E-state index contributed by atoms with van der Waals surface area (Å²) in [6.45, 7) is 2.16. The Morgan fingerprint density at radius 3 is 2.25 bits per heavy atom. The summed E-state index contributed by atoms with van der Waals surface area (Å²) in [5.74, 6) is 0.375. The van der Waals surface area contributed by atoms with E-state index < -0.39 is 10.0 Å².